The van der Waals surface area contributed by atoms with Gasteiger partial charge in [-0.1, -0.05) is 147 Å². The van der Waals surface area contributed by atoms with Crippen molar-refractivity contribution >= 4 is 56.7 Å². The molecule has 250 valence electrons. The molecular weight excluding hydrogens is 651 g/mol. The van der Waals surface area contributed by atoms with Crippen LogP contribution >= 0.6 is 0 Å². The lowest BCUT2D eigenvalue weighted by molar-refractivity contribution is 0.421. The van der Waals surface area contributed by atoms with Crippen LogP contribution in [0.15, 0.2) is 170 Å². The lowest BCUT2D eigenvalue weighted by atomic mass is 9.76. The Morgan fingerprint density at radius 1 is 0.596 bits per heavy atom. The Labute approximate surface area is 316 Å². The molecule has 0 aliphatic carbocycles. The second-order valence-electron chi connectivity index (χ2n) is 13.3. The van der Waals surface area contributed by atoms with Crippen molar-refractivity contribution in [2.45, 2.75) is 26.0 Å². The molecule has 7 aromatic carbocycles. The molecule has 0 bridgehead atoms. The molecule has 9 aromatic rings. The largest absolute Gasteiger partial charge is 0.457 e. The highest BCUT2D eigenvalue weighted by molar-refractivity contribution is 7.20. The van der Waals surface area contributed by atoms with Crippen LogP contribution in [-0.2, 0) is 5.41 Å². The van der Waals surface area contributed by atoms with E-state index in [1.54, 1.807) is 48.5 Å². The summed E-state index contributed by atoms with van der Waals surface area (Å²) in [6, 6.07) is 53.3. The Balaban J connectivity index is 1.33. The van der Waals surface area contributed by atoms with Crippen molar-refractivity contribution in [3.63, 3.8) is 0 Å². The van der Waals surface area contributed by atoms with Crippen LogP contribution in [0, 0.1) is 6.85 Å². The average molecular weight is 697 g/mol. The summed E-state index contributed by atoms with van der Waals surface area (Å²) in [7, 11) is -3.63. The summed E-state index contributed by atoms with van der Waals surface area (Å²) in [5.41, 5.74) is 1.44. The number of hydrogen-bond donors (Lipinski definition) is 0. The van der Waals surface area contributed by atoms with E-state index in [1.807, 2.05) is 93.9 Å². The third kappa shape index (κ3) is 4.23. The number of aromatic nitrogens is 3. The summed E-state index contributed by atoms with van der Waals surface area (Å²) in [6.07, 6.45) is 0. The molecule has 5 heteroatoms. The van der Waals surface area contributed by atoms with Crippen LogP contribution in [0.2, 0.25) is 0 Å². The van der Waals surface area contributed by atoms with E-state index in [2.05, 4.69) is 36.4 Å². The monoisotopic (exact) mass is 696 g/mol. The quantitative estimate of drug-likeness (QED) is 0.134. The minimum Gasteiger partial charge on any atom is -0.457 e. The second kappa shape index (κ2) is 11.4. The smallest absolute Gasteiger partial charge is 0.220 e. The Kier molecular flexibility index (Phi) is 4.96. The molecule has 3 heterocycles. The lowest BCUT2D eigenvalue weighted by Crippen LogP contribution is -2.75. The molecule has 2 aromatic heterocycles. The molecule has 0 saturated carbocycles. The van der Waals surface area contributed by atoms with Crippen LogP contribution in [0.1, 0.15) is 42.7 Å². The Bertz CT molecular complexity index is 3100. The first kappa shape index (κ1) is 22.6. The van der Waals surface area contributed by atoms with Gasteiger partial charge in [0.1, 0.15) is 11.5 Å². The van der Waals surface area contributed by atoms with Gasteiger partial charge in [0.25, 0.3) is 0 Å². The van der Waals surface area contributed by atoms with E-state index in [4.69, 9.17) is 22.1 Å². The minimum absolute atomic E-state index is 0.0795. The molecule has 0 amide bonds. The first-order chi connectivity index (χ1) is 29.2. The highest BCUT2D eigenvalue weighted by Gasteiger charge is 2.46. The van der Waals surface area contributed by atoms with Gasteiger partial charge >= 0.3 is 0 Å². The van der Waals surface area contributed by atoms with Crippen molar-refractivity contribution in [1.29, 1.82) is 0 Å². The van der Waals surface area contributed by atoms with Crippen molar-refractivity contribution in [3.8, 4) is 17.2 Å². The number of benzene rings is 7. The van der Waals surface area contributed by atoms with Crippen LogP contribution in [0.3, 0.4) is 0 Å². The highest BCUT2D eigenvalue weighted by Crippen LogP contribution is 2.47. The number of rotatable bonds is 5. The molecule has 0 atom stereocenters. The van der Waals surface area contributed by atoms with Crippen LogP contribution in [-0.4, -0.2) is 22.0 Å². The van der Waals surface area contributed by atoms with Crippen molar-refractivity contribution in [2.75, 3.05) is 0 Å². The third-order valence-electron chi connectivity index (χ3n) is 10.5. The number of nitrogens with zero attached hydrogens (tertiary/aromatic N) is 3. The van der Waals surface area contributed by atoms with Gasteiger partial charge in [0.05, 0.1) is 22.1 Å². The van der Waals surface area contributed by atoms with E-state index in [9.17, 15) is 0 Å². The maximum atomic E-state index is 9.02. The van der Waals surface area contributed by atoms with Gasteiger partial charge in [0.15, 0.2) is 8.07 Å². The molecule has 10 rings (SSSR count). The molecule has 4 nitrogen and oxygen atoms in total. The summed E-state index contributed by atoms with van der Waals surface area (Å²) in [6.45, 7) is -8.41. The maximum absolute atomic E-state index is 9.02. The molecule has 0 N–H and O–H groups in total. The summed E-state index contributed by atoms with van der Waals surface area (Å²) >= 11 is 0. The van der Waals surface area contributed by atoms with Gasteiger partial charge in [-0.2, -0.15) is 0 Å². The summed E-state index contributed by atoms with van der Waals surface area (Å²) in [5.74, 6) is 0.925. The molecular formula is C47H37N3OSi. The number of aryl methyl sites for hydroxylation is 1. The third-order valence-corrected chi connectivity index (χ3v) is 15.3. The first-order valence-electron chi connectivity index (χ1n) is 21.7. The number of imidazole rings is 2. The molecule has 0 radical (unpaired) electrons. The molecule has 0 saturated heterocycles. The van der Waals surface area contributed by atoms with Gasteiger partial charge in [-0.3, -0.25) is 8.97 Å². The molecule has 52 heavy (non-hydrogen) atoms. The van der Waals surface area contributed by atoms with Crippen molar-refractivity contribution < 1.29 is 17.1 Å². The van der Waals surface area contributed by atoms with E-state index in [-0.39, 0.29) is 28.2 Å². The predicted octanol–water partition coefficient (Wildman–Crippen LogP) is 8.55. The molecule has 0 unspecified atom stereocenters. The Morgan fingerprint density at radius 2 is 1.23 bits per heavy atom. The summed E-state index contributed by atoms with van der Waals surface area (Å²) < 4.78 is 90.0. The fourth-order valence-electron chi connectivity index (χ4n) is 8.26. The average Bonchev–Trinajstić information content (AvgIpc) is 3.77. The van der Waals surface area contributed by atoms with Crippen molar-refractivity contribution in [1.82, 2.24) is 14.0 Å². The van der Waals surface area contributed by atoms with Crippen LogP contribution in [0.5, 0.6) is 11.5 Å². The number of ether oxygens (including phenoxy) is 1. The van der Waals surface area contributed by atoms with Crippen LogP contribution in [0.4, 0.5) is 0 Å². The molecule has 1 aliphatic rings. The first-order valence-corrected chi connectivity index (χ1v) is 19.2. The van der Waals surface area contributed by atoms with E-state index >= 15 is 0 Å². The predicted molar refractivity (Wildman–Crippen MR) is 217 cm³/mol. The molecule has 0 fully saturated rings. The summed E-state index contributed by atoms with van der Waals surface area (Å²) in [4.78, 5) is 5.05. The number of para-hydroxylation sites is 5. The zero-order valence-corrected chi connectivity index (χ0v) is 28.9. The van der Waals surface area contributed by atoms with E-state index < -0.39 is 34.0 Å². The van der Waals surface area contributed by atoms with E-state index in [1.165, 1.54) is 0 Å². The topological polar surface area (TPSA) is 31.5 Å². The Morgan fingerprint density at radius 3 is 2.00 bits per heavy atom. The van der Waals surface area contributed by atoms with Crippen LogP contribution in [0.25, 0.3) is 33.5 Å². The summed E-state index contributed by atoms with van der Waals surface area (Å²) in [5, 5.41) is 3.50. The van der Waals surface area contributed by atoms with Crippen LogP contribution < -0.4 is 25.5 Å². The van der Waals surface area contributed by atoms with Gasteiger partial charge in [-0.15, -0.1) is 0 Å². The highest BCUT2D eigenvalue weighted by atomic mass is 28.3. The molecule has 0 spiro atoms. The zero-order valence-electron chi connectivity index (χ0n) is 36.9. The molecule has 1 aliphatic heterocycles. The second-order valence-corrected chi connectivity index (χ2v) is 17.1. The fourth-order valence-corrected chi connectivity index (χ4v) is 13.2. The normalized spacial score (nSPS) is 16.9. The standard InChI is InChI=1S/C47H37N3OSi/c1-32-17-14-28-41-44(32)48-46-49(39-26-11-12-27-40(39)50(41)46)33-18-15-23-36(31-33)52(34-19-6-4-7-20-34,35-21-8-5-9-22-35)43-30-16-25-38-45(43)51-42-29-13-10-24-37(42)47(38,2)3/h4-31H,1-3H3/i1D3,2D3,3D3. The van der Waals surface area contributed by atoms with Crippen molar-refractivity contribution in [2.24, 2.45) is 0 Å². The Hall–Kier alpha value is -6.17. The van der Waals surface area contributed by atoms with Gasteiger partial charge in [0, 0.05) is 34.6 Å². The minimum atomic E-state index is -3.63. The SMILES string of the molecule is [2H]C([2H])([2H])c1cccc2c1nc1n(-c3cccc([Si](c4ccccc4)(c4ccccc4)c4cccc5c4Oc4ccccc4C5(C([2H])([2H])[2H])C([2H])([2H])[2H])c3)c3ccccc3n21. The van der Waals surface area contributed by atoms with E-state index in [0.717, 1.165) is 32.3 Å². The zero-order chi connectivity index (χ0) is 42.5. The van der Waals surface area contributed by atoms with Gasteiger partial charge < -0.3 is 4.74 Å². The fraction of sp³-hybridized carbons (Fsp3) is 0.0851. The van der Waals surface area contributed by atoms with Gasteiger partial charge in [-0.05, 0) is 69.6 Å². The van der Waals surface area contributed by atoms with E-state index in [0.29, 0.717) is 22.0 Å². The van der Waals surface area contributed by atoms with Gasteiger partial charge in [-0.25, -0.2) is 4.98 Å². The van der Waals surface area contributed by atoms with Crippen molar-refractivity contribution in [3.05, 3.63) is 187 Å². The lowest BCUT2D eigenvalue weighted by Gasteiger charge is -2.40. The number of fused-ring (bicyclic) bond motifs is 7. The maximum Gasteiger partial charge on any atom is 0.220 e. The van der Waals surface area contributed by atoms with Gasteiger partial charge in [0.2, 0.25) is 5.78 Å². The number of hydrogen-bond acceptors (Lipinski definition) is 2.